The van der Waals surface area contributed by atoms with Crippen molar-refractivity contribution in [2.45, 2.75) is 32.4 Å². The van der Waals surface area contributed by atoms with Crippen LogP contribution in [-0.2, 0) is 11.3 Å². The van der Waals surface area contributed by atoms with Crippen molar-refractivity contribution >= 4 is 5.69 Å². The Labute approximate surface area is 109 Å². The first-order chi connectivity index (χ1) is 8.85. The fraction of sp³-hybridized carbons (Fsp3) is 0.643. The van der Waals surface area contributed by atoms with Gasteiger partial charge in [-0.15, -0.1) is 0 Å². The molecule has 0 saturated carbocycles. The predicted molar refractivity (Wildman–Crippen MR) is 73.9 cm³/mol. The van der Waals surface area contributed by atoms with Gasteiger partial charge in [-0.3, -0.25) is 4.98 Å². The maximum Gasteiger partial charge on any atom is 0.0608 e. The van der Waals surface area contributed by atoms with Crippen molar-refractivity contribution in [2.24, 2.45) is 0 Å². The zero-order chi connectivity index (χ0) is 12.8. The third-order valence-electron chi connectivity index (χ3n) is 3.44. The Morgan fingerprint density at radius 1 is 1.44 bits per heavy atom. The van der Waals surface area contributed by atoms with Gasteiger partial charge in [0.25, 0.3) is 0 Å². The van der Waals surface area contributed by atoms with E-state index in [0.29, 0.717) is 6.10 Å². The summed E-state index contributed by atoms with van der Waals surface area (Å²) in [5.41, 5.74) is 2.59. The molecule has 1 saturated heterocycles. The molecule has 1 aromatic heterocycles. The lowest BCUT2D eigenvalue weighted by atomic mass is 10.1. The molecule has 0 atom stereocenters. The van der Waals surface area contributed by atoms with Crippen LogP contribution in [0, 0.1) is 0 Å². The Morgan fingerprint density at radius 2 is 2.22 bits per heavy atom. The SMILES string of the molecule is CCOC1CCN(c2cnccc2CNC)CC1. The van der Waals surface area contributed by atoms with E-state index in [1.54, 1.807) is 0 Å². The Hall–Kier alpha value is -1.13. The zero-order valence-electron chi connectivity index (χ0n) is 11.4. The summed E-state index contributed by atoms with van der Waals surface area (Å²) >= 11 is 0. The second-order valence-electron chi connectivity index (χ2n) is 4.68. The Balaban J connectivity index is 2.00. The van der Waals surface area contributed by atoms with Crippen molar-refractivity contribution in [3.8, 4) is 0 Å². The van der Waals surface area contributed by atoms with E-state index in [1.807, 2.05) is 19.4 Å². The number of ether oxygens (including phenoxy) is 1. The highest BCUT2D eigenvalue weighted by atomic mass is 16.5. The van der Waals surface area contributed by atoms with Crippen molar-refractivity contribution < 1.29 is 4.74 Å². The summed E-state index contributed by atoms with van der Waals surface area (Å²) in [5, 5.41) is 3.21. The fourth-order valence-corrected chi connectivity index (χ4v) is 2.54. The van der Waals surface area contributed by atoms with Gasteiger partial charge in [0.2, 0.25) is 0 Å². The molecule has 4 heteroatoms. The lowest BCUT2D eigenvalue weighted by molar-refractivity contribution is 0.0459. The smallest absolute Gasteiger partial charge is 0.0608 e. The first kappa shape index (κ1) is 13.3. The molecule has 18 heavy (non-hydrogen) atoms. The molecular weight excluding hydrogens is 226 g/mol. The number of piperidine rings is 1. The Bertz CT molecular complexity index is 362. The molecule has 0 unspecified atom stereocenters. The molecule has 0 amide bonds. The molecule has 1 aromatic rings. The molecule has 1 N–H and O–H groups in total. The molecule has 2 rings (SSSR count). The van der Waals surface area contributed by atoms with Gasteiger partial charge in [0, 0.05) is 32.4 Å². The van der Waals surface area contributed by atoms with E-state index in [4.69, 9.17) is 4.74 Å². The summed E-state index contributed by atoms with van der Waals surface area (Å²) in [6.07, 6.45) is 6.51. The molecule has 0 radical (unpaired) electrons. The standard InChI is InChI=1S/C14H23N3O/c1-3-18-13-5-8-17(9-6-13)14-11-16-7-4-12(14)10-15-2/h4,7,11,13,15H,3,5-6,8-10H2,1-2H3. The van der Waals surface area contributed by atoms with Crippen molar-refractivity contribution in [2.75, 3.05) is 31.6 Å². The maximum absolute atomic E-state index is 5.69. The van der Waals surface area contributed by atoms with E-state index in [0.717, 1.165) is 39.1 Å². The molecule has 100 valence electrons. The van der Waals surface area contributed by atoms with E-state index in [9.17, 15) is 0 Å². The minimum Gasteiger partial charge on any atom is -0.378 e. The Morgan fingerprint density at radius 3 is 2.89 bits per heavy atom. The molecule has 1 aliphatic rings. The summed E-state index contributed by atoms with van der Waals surface area (Å²) in [6.45, 7) is 5.91. The van der Waals surface area contributed by atoms with Crippen molar-refractivity contribution in [3.63, 3.8) is 0 Å². The molecule has 1 fully saturated rings. The Kier molecular flexibility index (Phi) is 4.96. The minimum atomic E-state index is 0.440. The van der Waals surface area contributed by atoms with Crippen LogP contribution in [0.4, 0.5) is 5.69 Å². The highest BCUT2D eigenvalue weighted by Crippen LogP contribution is 2.24. The quantitative estimate of drug-likeness (QED) is 0.863. The average molecular weight is 249 g/mol. The van der Waals surface area contributed by atoms with Gasteiger partial charge in [-0.1, -0.05) is 0 Å². The van der Waals surface area contributed by atoms with Crippen LogP contribution >= 0.6 is 0 Å². The van der Waals surface area contributed by atoms with Gasteiger partial charge >= 0.3 is 0 Å². The predicted octanol–water partition coefficient (Wildman–Crippen LogP) is 1.81. The van der Waals surface area contributed by atoms with Crippen molar-refractivity contribution in [1.29, 1.82) is 0 Å². The molecule has 2 heterocycles. The second-order valence-corrected chi connectivity index (χ2v) is 4.68. The molecule has 0 bridgehead atoms. The van der Waals surface area contributed by atoms with Gasteiger partial charge in [0.05, 0.1) is 18.0 Å². The minimum absolute atomic E-state index is 0.440. The number of aromatic nitrogens is 1. The highest BCUT2D eigenvalue weighted by Gasteiger charge is 2.20. The van der Waals surface area contributed by atoms with E-state index >= 15 is 0 Å². The first-order valence-corrected chi connectivity index (χ1v) is 6.79. The second kappa shape index (κ2) is 6.71. The lowest BCUT2D eigenvalue weighted by Crippen LogP contribution is -2.37. The van der Waals surface area contributed by atoms with E-state index in [2.05, 4.69) is 28.2 Å². The van der Waals surface area contributed by atoms with Gasteiger partial charge in [-0.05, 0) is 38.4 Å². The summed E-state index contributed by atoms with van der Waals surface area (Å²) in [6, 6.07) is 2.10. The monoisotopic (exact) mass is 249 g/mol. The number of nitrogens with zero attached hydrogens (tertiary/aromatic N) is 2. The molecule has 1 aliphatic heterocycles. The van der Waals surface area contributed by atoms with Crippen LogP contribution in [0.2, 0.25) is 0 Å². The number of rotatable bonds is 5. The van der Waals surface area contributed by atoms with Crippen LogP contribution in [0.3, 0.4) is 0 Å². The van der Waals surface area contributed by atoms with E-state index in [1.165, 1.54) is 11.3 Å². The van der Waals surface area contributed by atoms with E-state index in [-0.39, 0.29) is 0 Å². The summed E-state index contributed by atoms with van der Waals surface area (Å²) in [4.78, 5) is 6.68. The van der Waals surface area contributed by atoms with Crippen molar-refractivity contribution in [3.05, 3.63) is 24.0 Å². The van der Waals surface area contributed by atoms with Gasteiger partial charge in [-0.25, -0.2) is 0 Å². The van der Waals surface area contributed by atoms with Crippen LogP contribution in [0.1, 0.15) is 25.3 Å². The van der Waals surface area contributed by atoms with E-state index < -0.39 is 0 Å². The van der Waals surface area contributed by atoms with Gasteiger partial charge in [0.15, 0.2) is 0 Å². The maximum atomic E-state index is 5.69. The first-order valence-electron chi connectivity index (χ1n) is 6.79. The topological polar surface area (TPSA) is 37.4 Å². The fourth-order valence-electron chi connectivity index (χ4n) is 2.54. The largest absolute Gasteiger partial charge is 0.378 e. The summed E-state index contributed by atoms with van der Waals surface area (Å²) in [5.74, 6) is 0. The molecule has 4 nitrogen and oxygen atoms in total. The molecule has 0 spiro atoms. The van der Waals surface area contributed by atoms with Gasteiger partial charge < -0.3 is 15.0 Å². The van der Waals surface area contributed by atoms with Gasteiger partial charge in [0.1, 0.15) is 0 Å². The molecule has 0 aromatic carbocycles. The third-order valence-corrected chi connectivity index (χ3v) is 3.44. The highest BCUT2D eigenvalue weighted by molar-refractivity contribution is 5.52. The summed E-state index contributed by atoms with van der Waals surface area (Å²) < 4.78 is 5.69. The number of hydrogen-bond donors (Lipinski definition) is 1. The summed E-state index contributed by atoms with van der Waals surface area (Å²) in [7, 11) is 1.98. The van der Waals surface area contributed by atoms with Crippen LogP contribution in [-0.4, -0.2) is 37.8 Å². The molecule has 0 aliphatic carbocycles. The van der Waals surface area contributed by atoms with Crippen LogP contribution in [0.5, 0.6) is 0 Å². The number of anilines is 1. The lowest BCUT2D eigenvalue weighted by Gasteiger charge is -2.34. The van der Waals surface area contributed by atoms with Crippen LogP contribution in [0.15, 0.2) is 18.5 Å². The molecular formula is C14H23N3O. The van der Waals surface area contributed by atoms with Crippen LogP contribution < -0.4 is 10.2 Å². The number of hydrogen-bond acceptors (Lipinski definition) is 4. The van der Waals surface area contributed by atoms with Crippen LogP contribution in [0.25, 0.3) is 0 Å². The van der Waals surface area contributed by atoms with Crippen molar-refractivity contribution in [1.82, 2.24) is 10.3 Å². The number of nitrogens with one attached hydrogen (secondary N) is 1. The normalized spacial score (nSPS) is 17.1. The zero-order valence-corrected chi connectivity index (χ0v) is 11.4. The third kappa shape index (κ3) is 3.21. The average Bonchev–Trinajstić information content (AvgIpc) is 2.41. The van der Waals surface area contributed by atoms with Gasteiger partial charge in [-0.2, -0.15) is 0 Å². The number of pyridine rings is 1.